The van der Waals surface area contributed by atoms with Crippen LogP contribution in [0.3, 0.4) is 0 Å². The number of H-pyrrole nitrogens is 1. The van der Waals surface area contributed by atoms with Gasteiger partial charge in [-0.15, -0.1) is 0 Å². The zero-order valence-corrected chi connectivity index (χ0v) is 15.5. The van der Waals surface area contributed by atoms with Crippen LogP contribution in [0.4, 0.5) is 17.2 Å². The van der Waals surface area contributed by atoms with Crippen molar-refractivity contribution in [2.24, 2.45) is 0 Å². The molecule has 29 heavy (non-hydrogen) atoms. The third kappa shape index (κ3) is 4.00. The first-order chi connectivity index (χ1) is 14.3. The molecule has 4 rings (SSSR count). The van der Waals surface area contributed by atoms with Crippen molar-refractivity contribution in [3.63, 3.8) is 0 Å². The first-order valence-corrected chi connectivity index (χ1v) is 9.09. The summed E-state index contributed by atoms with van der Waals surface area (Å²) in [6.07, 6.45) is 4.01. The smallest absolute Gasteiger partial charge is 0.156 e. The Kier molecular flexibility index (Phi) is 5.04. The van der Waals surface area contributed by atoms with Gasteiger partial charge in [0, 0.05) is 29.7 Å². The number of rotatable bonds is 6. The second kappa shape index (κ2) is 8.12. The van der Waals surface area contributed by atoms with Crippen molar-refractivity contribution in [1.29, 1.82) is 10.5 Å². The Morgan fingerprint density at radius 1 is 1.03 bits per heavy atom. The maximum Gasteiger partial charge on any atom is 0.156 e. The summed E-state index contributed by atoms with van der Waals surface area (Å²) >= 11 is 0. The molecule has 2 aromatic heterocycles. The molecule has 0 fully saturated rings. The topological polar surface area (TPSA) is 113 Å². The van der Waals surface area contributed by atoms with E-state index in [0.29, 0.717) is 30.0 Å². The molecular weight excluding hydrogens is 362 g/mol. The molecule has 0 spiro atoms. The van der Waals surface area contributed by atoms with Gasteiger partial charge >= 0.3 is 0 Å². The number of nitrogens with zero attached hydrogens (tertiary/aromatic N) is 4. The van der Waals surface area contributed by atoms with Gasteiger partial charge in [-0.1, -0.05) is 12.1 Å². The van der Waals surface area contributed by atoms with Crippen molar-refractivity contribution < 1.29 is 0 Å². The van der Waals surface area contributed by atoms with Crippen LogP contribution in [-0.4, -0.2) is 21.5 Å². The Morgan fingerprint density at radius 3 is 2.69 bits per heavy atom. The second-order valence-electron chi connectivity index (χ2n) is 6.38. The van der Waals surface area contributed by atoms with Crippen LogP contribution in [-0.2, 0) is 0 Å². The number of anilines is 3. The summed E-state index contributed by atoms with van der Waals surface area (Å²) in [5.74, 6) is 0.617. The van der Waals surface area contributed by atoms with E-state index in [1.54, 1.807) is 18.3 Å². The predicted octanol–water partition coefficient (Wildman–Crippen LogP) is 4.57. The van der Waals surface area contributed by atoms with Crippen LogP contribution < -0.4 is 10.6 Å². The number of aromatic amines is 1. The lowest BCUT2D eigenvalue weighted by atomic mass is 10.1. The van der Waals surface area contributed by atoms with E-state index in [4.69, 9.17) is 15.5 Å². The van der Waals surface area contributed by atoms with Gasteiger partial charge in [0.2, 0.25) is 0 Å². The van der Waals surface area contributed by atoms with Crippen molar-refractivity contribution in [3.05, 3.63) is 66.5 Å². The minimum Gasteiger partial charge on any atom is -0.384 e. The van der Waals surface area contributed by atoms with E-state index in [-0.39, 0.29) is 0 Å². The number of benzene rings is 2. The van der Waals surface area contributed by atoms with Gasteiger partial charge in [-0.05, 0) is 42.0 Å². The largest absolute Gasteiger partial charge is 0.384 e. The Balaban J connectivity index is 1.62. The van der Waals surface area contributed by atoms with Gasteiger partial charge < -0.3 is 15.6 Å². The quantitative estimate of drug-likeness (QED) is 0.423. The predicted molar refractivity (Wildman–Crippen MR) is 112 cm³/mol. The molecule has 140 valence electrons. The Morgan fingerprint density at radius 2 is 1.90 bits per heavy atom. The summed E-state index contributed by atoms with van der Waals surface area (Å²) in [5.41, 5.74) is 5.80. The molecule has 2 aromatic carbocycles. The highest BCUT2D eigenvalue weighted by atomic mass is 15.0. The van der Waals surface area contributed by atoms with Crippen molar-refractivity contribution in [2.45, 2.75) is 6.42 Å². The van der Waals surface area contributed by atoms with E-state index in [0.717, 1.165) is 28.0 Å². The molecule has 7 heteroatoms. The highest BCUT2D eigenvalue weighted by Gasteiger charge is 2.10. The van der Waals surface area contributed by atoms with Crippen molar-refractivity contribution in [1.82, 2.24) is 15.0 Å². The number of hydrogen-bond donors (Lipinski definition) is 3. The second-order valence-corrected chi connectivity index (χ2v) is 6.38. The Bertz CT molecular complexity index is 1230. The normalized spacial score (nSPS) is 10.3. The molecule has 0 aliphatic heterocycles. The molecule has 3 N–H and O–H groups in total. The highest BCUT2D eigenvalue weighted by molar-refractivity contribution is 5.91. The van der Waals surface area contributed by atoms with Crippen LogP contribution in [0.2, 0.25) is 0 Å². The molecular formula is C22H17N7. The lowest BCUT2D eigenvalue weighted by molar-refractivity contribution is 1.08. The fourth-order valence-corrected chi connectivity index (χ4v) is 3.01. The van der Waals surface area contributed by atoms with Gasteiger partial charge in [-0.3, -0.25) is 0 Å². The van der Waals surface area contributed by atoms with Crippen LogP contribution in [0, 0.1) is 22.7 Å². The number of nitriles is 2. The fourth-order valence-electron chi connectivity index (χ4n) is 3.01. The summed E-state index contributed by atoms with van der Waals surface area (Å²) < 4.78 is 0. The monoisotopic (exact) mass is 379 g/mol. The van der Waals surface area contributed by atoms with Gasteiger partial charge in [-0.25, -0.2) is 9.97 Å². The first kappa shape index (κ1) is 18.0. The van der Waals surface area contributed by atoms with Crippen molar-refractivity contribution in [3.8, 4) is 23.3 Å². The molecule has 0 unspecified atom stereocenters. The number of aromatic nitrogens is 3. The van der Waals surface area contributed by atoms with E-state index in [2.05, 4.69) is 32.7 Å². The van der Waals surface area contributed by atoms with Gasteiger partial charge in [0.05, 0.1) is 30.3 Å². The molecule has 4 aromatic rings. The SMILES string of the molecule is N#CCCNc1cccc(-c2c[nH]c3ncc(Nc4ccc(C#N)cc4)nc23)c1. The summed E-state index contributed by atoms with van der Waals surface area (Å²) in [4.78, 5) is 12.3. The molecule has 7 nitrogen and oxygen atoms in total. The van der Waals surface area contributed by atoms with Crippen LogP contribution in [0.1, 0.15) is 12.0 Å². The minimum absolute atomic E-state index is 0.452. The van der Waals surface area contributed by atoms with Gasteiger partial charge in [0.1, 0.15) is 11.3 Å². The van der Waals surface area contributed by atoms with Crippen LogP contribution in [0.15, 0.2) is 60.9 Å². The average molecular weight is 379 g/mol. The zero-order chi connectivity index (χ0) is 20.1. The lowest BCUT2D eigenvalue weighted by Crippen LogP contribution is -2.00. The maximum absolute atomic E-state index is 8.92. The molecule has 0 saturated heterocycles. The van der Waals surface area contributed by atoms with Crippen molar-refractivity contribution in [2.75, 3.05) is 17.2 Å². The molecule has 0 bridgehead atoms. The standard InChI is InChI=1S/C22H17N7/c23-9-2-10-25-18-4-1-3-16(11-18)19-13-26-22-21(19)29-20(14-27-22)28-17-7-5-15(12-24)6-8-17/h1,3-8,11,13-14,25H,2,10H2,(H,26,27)(H,28,29). The summed E-state index contributed by atoms with van der Waals surface area (Å²) in [6.45, 7) is 0.603. The number of hydrogen-bond acceptors (Lipinski definition) is 6. The van der Waals surface area contributed by atoms with Crippen LogP contribution in [0.25, 0.3) is 22.3 Å². The van der Waals surface area contributed by atoms with E-state index < -0.39 is 0 Å². The minimum atomic E-state index is 0.452. The number of fused-ring (bicyclic) bond motifs is 1. The number of nitrogens with one attached hydrogen (secondary N) is 3. The molecule has 0 amide bonds. The van der Waals surface area contributed by atoms with Crippen LogP contribution >= 0.6 is 0 Å². The van der Waals surface area contributed by atoms with Crippen LogP contribution in [0.5, 0.6) is 0 Å². The molecule has 0 saturated carbocycles. The Labute approximate surface area is 167 Å². The van der Waals surface area contributed by atoms with E-state index >= 15 is 0 Å². The Hall–Kier alpha value is -4.36. The maximum atomic E-state index is 8.92. The molecule has 0 radical (unpaired) electrons. The third-order valence-electron chi connectivity index (χ3n) is 4.41. The summed E-state index contributed by atoms with van der Waals surface area (Å²) in [5, 5.41) is 24.1. The van der Waals surface area contributed by atoms with Crippen molar-refractivity contribution >= 4 is 28.4 Å². The summed E-state index contributed by atoms with van der Waals surface area (Å²) in [7, 11) is 0. The van der Waals surface area contributed by atoms with Gasteiger partial charge in [0.25, 0.3) is 0 Å². The zero-order valence-electron chi connectivity index (χ0n) is 15.5. The van der Waals surface area contributed by atoms with E-state index in [1.165, 1.54) is 0 Å². The van der Waals surface area contributed by atoms with E-state index in [9.17, 15) is 0 Å². The molecule has 2 heterocycles. The summed E-state index contributed by atoms with van der Waals surface area (Å²) in [6, 6.07) is 19.4. The first-order valence-electron chi connectivity index (χ1n) is 9.09. The van der Waals surface area contributed by atoms with Gasteiger partial charge in [0.15, 0.2) is 5.65 Å². The third-order valence-corrected chi connectivity index (χ3v) is 4.41. The van der Waals surface area contributed by atoms with Gasteiger partial charge in [-0.2, -0.15) is 10.5 Å². The fraction of sp³-hybridized carbons (Fsp3) is 0.0909. The van der Waals surface area contributed by atoms with E-state index in [1.807, 2.05) is 42.6 Å². The average Bonchev–Trinajstić information content (AvgIpc) is 3.18. The highest BCUT2D eigenvalue weighted by Crippen LogP contribution is 2.29. The lowest BCUT2D eigenvalue weighted by Gasteiger charge is -2.07. The molecule has 0 aliphatic rings. The molecule has 0 aliphatic carbocycles. The molecule has 0 atom stereocenters.